The Balaban J connectivity index is 1.56. The third-order valence-electron chi connectivity index (χ3n) is 5.47. The third-order valence-corrected chi connectivity index (χ3v) is 5.47. The Bertz CT molecular complexity index is 834. The average molecular weight is 395 g/mol. The summed E-state index contributed by atoms with van der Waals surface area (Å²) in [6.07, 6.45) is 2.39. The van der Waals surface area contributed by atoms with Gasteiger partial charge in [0.05, 0.1) is 5.92 Å². The van der Waals surface area contributed by atoms with E-state index in [1.807, 2.05) is 48.5 Å². The maximum absolute atomic E-state index is 12.6. The minimum atomic E-state index is -0.664. The van der Waals surface area contributed by atoms with Crippen LogP contribution >= 0.6 is 0 Å². The van der Waals surface area contributed by atoms with Crippen molar-refractivity contribution in [3.63, 3.8) is 0 Å². The van der Waals surface area contributed by atoms with Gasteiger partial charge in [-0.25, -0.2) is 0 Å². The van der Waals surface area contributed by atoms with Crippen molar-refractivity contribution in [1.82, 2.24) is 5.32 Å². The van der Waals surface area contributed by atoms with Gasteiger partial charge in [-0.1, -0.05) is 43.3 Å². The Kier molecular flexibility index (Phi) is 6.88. The summed E-state index contributed by atoms with van der Waals surface area (Å²) in [5.41, 5.74) is 8.96. The third kappa shape index (κ3) is 5.35. The first-order valence-corrected chi connectivity index (χ1v) is 10.2. The van der Waals surface area contributed by atoms with Gasteiger partial charge in [0.1, 0.15) is 6.04 Å². The second-order valence-electron chi connectivity index (χ2n) is 7.69. The second kappa shape index (κ2) is 9.56. The molecule has 4 N–H and O–H groups in total. The zero-order valence-electron chi connectivity index (χ0n) is 17.1. The first-order chi connectivity index (χ1) is 14.0. The number of benzene rings is 2. The standard InChI is InChI=1S/C23H30N4O2/c1-16(21(24)18-9-4-3-5-10-18)22(28)25-17(2)23(29)26-19-11-8-12-20(15-19)27-13-6-7-14-27/h3-5,8-12,15-17,21H,6-7,13-14,24H2,1-2H3,(H,25,28)(H,26,29). The van der Waals surface area contributed by atoms with Crippen molar-refractivity contribution in [3.05, 3.63) is 60.2 Å². The summed E-state index contributed by atoms with van der Waals surface area (Å²) in [6.45, 7) is 5.54. The molecule has 154 valence electrons. The largest absolute Gasteiger partial charge is 0.371 e. The van der Waals surface area contributed by atoms with E-state index < -0.39 is 18.0 Å². The van der Waals surface area contributed by atoms with Crippen LogP contribution in [0.3, 0.4) is 0 Å². The van der Waals surface area contributed by atoms with E-state index in [2.05, 4.69) is 21.6 Å². The van der Waals surface area contributed by atoms with Gasteiger partial charge in [-0.15, -0.1) is 0 Å². The van der Waals surface area contributed by atoms with E-state index in [0.717, 1.165) is 30.0 Å². The van der Waals surface area contributed by atoms with Crippen molar-refractivity contribution < 1.29 is 9.59 Å². The van der Waals surface area contributed by atoms with Gasteiger partial charge in [0.2, 0.25) is 11.8 Å². The van der Waals surface area contributed by atoms with E-state index in [1.165, 1.54) is 12.8 Å². The van der Waals surface area contributed by atoms with Crippen molar-refractivity contribution in [1.29, 1.82) is 0 Å². The number of hydrogen-bond acceptors (Lipinski definition) is 4. The second-order valence-corrected chi connectivity index (χ2v) is 7.69. The normalized spacial score (nSPS) is 16.7. The molecule has 6 heteroatoms. The molecule has 3 unspecified atom stereocenters. The highest BCUT2D eigenvalue weighted by atomic mass is 16.2. The highest BCUT2D eigenvalue weighted by Gasteiger charge is 2.25. The summed E-state index contributed by atoms with van der Waals surface area (Å²) in [6, 6.07) is 16.2. The number of nitrogens with two attached hydrogens (primary N) is 1. The number of carbonyl (C=O) groups excluding carboxylic acids is 2. The predicted molar refractivity (Wildman–Crippen MR) is 117 cm³/mol. The molecule has 0 aromatic heterocycles. The van der Waals surface area contributed by atoms with Gasteiger partial charge in [0.25, 0.3) is 0 Å². The molecule has 1 heterocycles. The lowest BCUT2D eigenvalue weighted by atomic mass is 9.94. The summed E-state index contributed by atoms with van der Waals surface area (Å²) >= 11 is 0. The molecule has 3 atom stereocenters. The fraction of sp³-hybridized carbons (Fsp3) is 0.391. The molecule has 1 saturated heterocycles. The zero-order valence-corrected chi connectivity index (χ0v) is 17.1. The number of rotatable bonds is 7. The van der Waals surface area contributed by atoms with Crippen LogP contribution in [-0.4, -0.2) is 30.9 Å². The van der Waals surface area contributed by atoms with Gasteiger partial charge in [0.15, 0.2) is 0 Å². The Labute approximate surface area is 172 Å². The summed E-state index contributed by atoms with van der Waals surface area (Å²) < 4.78 is 0. The van der Waals surface area contributed by atoms with Gasteiger partial charge in [-0.3, -0.25) is 9.59 Å². The molecule has 0 bridgehead atoms. The van der Waals surface area contributed by atoms with Gasteiger partial charge < -0.3 is 21.3 Å². The summed E-state index contributed by atoms with van der Waals surface area (Å²) in [4.78, 5) is 27.5. The molecule has 1 aliphatic heterocycles. The fourth-order valence-corrected chi connectivity index (χ4v) is 3.54. The van der Waals surface area contributed by atoms with Crippen LogP contribution in [0, 0.1) is 5.92 Å². The van der Waals surface area contributed by atoms with Gasteiger partial charge in [-0.2, -0.15) is 0 Å². The number of nitrogens with one attached hydrogen (secondary N) is 2. The lowest BCUT2D eigenvalue weighted by Gasteiger charge is -2.22. The monoisotopic (exact) mass is 394 g/mol. The van der Waals surface area contributed by atoms with Crippen LogP contribution in [0.5, 0.6) is 0 Å². The van der Waals surface area contributed by atoms with Crippen LogP contribution in [0.25, 0.3) is 0 Å². The highest BCUT2D eigenvalue weighted by Crippen LogP contribution is 2.23. The average Bonchev–Trinajstić information content (AvgIpc) is 3.28. The van der Waals surface area contributed by atoms with E-state index in [1.54, 1.807) is 13.8 Å². The minimum Gasteiger partial charge on any atom is -0.371 e. The summed E-state index contributed by atoms with van der Waals surface area (Å²) in [5, 5.41) is 5.68. The van der Waals surface area contributed by atoms with Gasteiger partial charge in [-0.05, 0) is 43.5 Å². The molecule has 3 rings (SSSR count). The Morgan fingerprint density at radius 1 is 0.966 bits per heavy atom. The van der Waals surface area contributed by atoms with E-state index in [4.69, 9.17) is 5.73 Å². The number of amides is 2. The SMILES string of the molecule is CC(NC(=O)C(C)C(N)c1ccccc1)C(=O)Nc1cccc(N2CCCC2)c1. The van der Waals surface area contributed by atoms with Crippen LogP contribution in [0.2, 0.25) is 0 Å². The molecule has 29 heavy (non-hydrogen) atoms. The van der Waals surface area contributed by atoms with E-state index in [0.29, 0.717) is 0 Å². The highest BCUT2D eigenvalue weighted by molar-refractivity contribution is 5.97. The first kappa shape index (κ1) is 20.9. The Hall–Kier alpha value is -2.86. The van der Waals surface area contributed by atoms with Crippen LogP contribution in [-0.2, 0) is 9.59 Å². The maximum atomic E-state index is 12.6. The lowest BCUT2D eigenvalue weighted by Crippen LogP contribution is -2.45. The summed E-state index contributed by atoms with van der Waals surface area (Å²) in [5.74, 6) is -0.946. The summed E-state index contributed by atoms with van der Waals surface area (Å²) in [7, 11) is 0. The van der Waals surface area contributed by atoms with Crippen molar-refractivity contribution in [3.8, 4) is 0 Å². The molecule has 0 aliphatic carbocycles. The van der Waals surface area contributed by atoms with Crippen LogP contribution in [0.4, 0.5) is 11.4 Å². The van der Waals surface area contributed by atoms with Crippen molar-refractivity contribution in [2.75, 3.05) is 23.3 Å². The molecule has 0 radical (unpaired) electrons. The zero-order chi connectivity index (χ0) is 20.8. The molecule has 2 amide bonds. The molecule has 2 aromatic carbocycles. The fourth-order valence-electron chi connectivity index (χ4n) is 3.54. The molecule has 6 nitrogen and oxygen atoms in total. The van der Waals surface area contributed by atoms with Gasteiger partial charge in [0, 0.05) is 30.5 Å². The molecule has 1 fully saturated rings. The quantitative estimate of drug-likeness (QED) is 0.673. The lowest BCUT2D eigenvalue weighted by molar-refractivity contribution is -0.129. The van der Waals surface area contributed by atoms with Gasteiger partial charge >= 0.3 is 0 Å². The molecular weight excluding hydrogens is 364 g/mol. The van der Waals surface area contributed by atoms with Crippen molar-refractivity contribution >= 4 is 23.2 Å². The topological polar surface area (TPSA) is 87.5 Å². The Morgan fingerprint density at radius 2 is 1.66 bits per heavy atom. The molecular formula is C23H30N4O2. The van der Waals surface area contributed by atoms with Crippen molar-refractivity contribution in [2.45, 2.75) is 38.8 Å². The van der Waals surface area contributed by atoms with E-state index in [9.17, 15) is 9.59 Å². The predicted octanol–water partition coefficient (Wildman–Crippen LogP) is 3.07. The molecule has 2 aromatic rings. The first-order valence-electron chi connectivity index (χ1n) is 10.2. The molecule has 0 saturated carbocycles. The number of hydrogen-bond donors (Lipinski definition) is 3. The number of anilines is 2. The van der Waals surface area contributed by atoms with E-state index in [-0.39, 0.29) is 11.8 Å². The minimum absolute atomic E-state index is 0.241. The van der Waals surface area contributed by atoms with Crippen molar-refractivity contribution in [2.24, 2.45) is 11.7 Å². The smallest absolute Gasteiger partial charge is 0.246 e. The molecule has 1 aliphatic rings. The van der Waals surface area contributed by atoms with Crippen LogP contribution < -0.4 is 21.3 Å². The maximum Gasteiger partial charge on any atom is 0.246 e. The van der Waals surface area contributed by atoms with Crippen LogP contribution in [0.15, 0.2) is 54.6 Å². The van der Waals surface area contributed by atoms with Crippen LogP contribution in [0.1, 0.15) is 38.3 Å². The Morgan fingerprint density at radius 3 is 2.34 bits per heavy atom. The van der Waals surface area contributed by atoms with E-state index >= 15 is 0 Å². The number of carbonyl (C=O) groups is 2. The number of nitrogens with zero attached hydrogens (tertiary/aromatic N) is 1. The molecule has 0 spiro atoms.